The van der Waals surface area contributed by atoms with Gasteiger partial charge in [-0.1, -0.05) is 13.0 Å². The highest BCUT2D eigenvalue weighted by Crippen LogP contribution is 2.33. The summed E-state index contributed by atoms with van der Waals surface area (Å²) in [7, 11) is 1.63. The highest BCUT2D eigenvalue weighted by atomic mass is 16.5. The molecule has 32 heavy (non-hydrogen) atoms. The predicted octanol–water partition coefficient (Wildman–Crippen LogP) is 2.55. The summed E-state index contributed by atoms with van der Waals surface area (Å²) in [6.07, 6.45) is 2.62. The van der Waals surface area contributed by atoms with Crippen molar-refractivity contribution in [2.45, 2.75) is 26.8 Å². The van der Waals surface area contributed by atoms with E-state index < -0.39 is 5.91 Å². The van der Waals surface area contributed by atoms with Crippen molar-refractivity contribution in [2.24, 2.45) is 5.73 Å². The second-order valence-electron chi connectivity index (χ2n) is 7.56. The molecule has 0 radical (unpaired) electrons. The minimum Gasteiger partial charge on any atom is -0.495 e. The summed E-state index contributed by atoms with van der Waals surface area (Å²) in [6, 6.07) is 7.82. The van der Waals surface area contributed by atoms with Gasteiger partial charge >= 0.3 is 0 Å². The molecule has 0 saturated heterocycles. The van der Waals surface area contributed by atoms with Crippen LogP contribution in [0, 0.1) is 6.92 Å². The fraction of sp³-hybridized carbons (Fsp3) is 0.318. The van der Waals surface area contributed by atoms with Crippen molar-refractivity contribution in [3.8, 4) is 5.75 Å². The molecule has 1 aromatic carbocycles. The van der Waals surface area contributed by atoms with Gasteiger partial charge in [-0.3, -0.25) is 9.69 Å². The van der Waals surface area contributed by atoms with Gasteiger partial charge in [-0.15, -0.1) is 10.2 Å². The number of anilines is 4. The predicted molar refractivity (Wildman–Crippen MR) is 122 cm³/mol. The summed E-state index contributed by atoms with van der Waals surface area (Å²) in [5.74, 6) is 0.871. The lowest BCUT2D eigenvalue weighted by Gasteiger charge is -2.28. The number of benzene rings is 1. The van der Waals surface area contributed by atoms with E-state index in [9.17, 15) is 4.79 Å². The molecule has 0 aliphatic carbocycles. The summed E-state index contributed by atoms with van der Waals surface area (Å²) in [6.45, 7) is 6.95. The van der Waals surface area contributed by atoms with Crippen molar-refractivity contribution in [3.63, 3.8) is 0 Å². The van der Waals surface area contributed by atoms with Crippen LogP contribution in [-0.2, 0) is 13.0 Å². The molecule has 3 aromatic rings. The molecule has 1 amide bonds. The van der Waals surface area contributed by atoms with Gasteiger partial charge in [-0.05, 0) is 54.8 Å². The lowest BCUT2D eigenvalue weighted by atomic mass is 9.98. The summed E-state index contributed by atoms with van der Waals surface area (Å²) < 4.78 is 5.59. The Balaban J connectivity index is 1.67. The van der Waals surface area contributed by atoms with Gasteiger partial charge in [0.15, 0.2) is 11.5 Å². The number of methoxy groups -OCH3 is 1. The van der Waals surface area contributed by atoms with Gasteiger partial charge in [0, 0.05) is 19.3 Å². The number of carbonyl (C=O) groups is 1. The zero-order valence-electron chi connectivity index (χ0n) is 18.3. The third-order valence-electron chi connectivity index (χ3n) is 5.47. The minimum atomic E-state index is -0.737. The van der Waals surface area contributed by atoms with Crippen molar-refractivity contribution in [2.75, 3.05) is 30.8 Å². The number of ether oxygens (including phenoxy) is 1. The van der Waals surface area contributed by atoms with Crippen LogP contribution in [0.4, 0.5) is 23.3 Å². The Morgan fingerprint density at radius 1 is 1.22 bits per heavy atom. The number of carbonyl (C=O) groups excluding carboxylic acids is 1. The molecule has 3 heterocycles. The van der Waals surface area contributed by atoms with Gasteiger partial charge < -0.3 is 21.1 Å². The molecule has 4 N–H and O–H groups in total. The van der Waals surface area contributed by atoms with Crippen molar-refractivity contribution < 1.29 is 9.53 Å². The molecule has 1 aliphatic heterocycles. The van der Waals surface area contributed by atoms with Gasteiger partial charge in [0.25, 0.3) is 5.91 Å². The molecular weight excluding hydrogens is 408 g/mol. The van der Waals surface area contributed by atoms with Gasteiger partial charge in [0.05, 0.1) is 12.8 Å². The zero-order valence-corrected chi connectivity index (χ0v) is 18.3. The van der Waals surface area contributed by atoms with Crippen LogP contribution in [0.2, 0.25) is 0 Å². The number of amides is 1. The Hall–Kier alpha value is -3.79. The van der Waals surface area contributed by atoms with Crippen LogP contribution in [0.5, 0.6) is 5.75 Å². The monoisotopic (exact) mass is 434 g/mol. The van der Waals surface area contributed by atoms with Crippen LogP contribution in [0.1, 0.15) is 34.1 Å². The van der Waals surface area contributed by atoms with E-state index in [1.54, 1.807) is 13.3 Å². The number of pyridine rings is 1. The van der Waals surface area contributed by atoms with Crippen LogP contribution in [0.3, 0.4) is 0 Å². The third-order valence-corrected chi connectivity index (χ3v) is 5.47. The maximum atomic E-state index is 11.9. The summed E-state index contributed by atoms with van der Waals surface area (Å²) in [5.41, 5.74) is 9.50. The number of nitrogens with two attached hydrogens (primary N) is 1. The number of aromatic nitrogens is 4. The Labute approximate surface area is 186 Å². The molecule has 2 aromatic heterocycles. The molecule has 0 bridgehead atoms. The topological polar surface area (TPSA) is 131 Å². The molecular formula is C22H26N8O2. The van der Waals surface area contributed by atoms with Crippen LogP contribution >= 0.6 is 0 Å². The Morgan fingerprint density at radius 2 is 2.06 bits per heavy atom. The van der Waals surface area contributed by atoms with Gasteiger partial charge in [-0.25, -0.2) is 4.98 Å². The average Bonchev–Trinajstić information content (AvgIpc) is 2.79. The molecule has 10 heteroatoms. The van der Waals surface area contributed by atoms with Crippen molar-refractivity contribution in [1.29, 1.82) is 0 Å². The van der Waals surface area contributed by atoms with E-state index in [0.29, 0.717) is 11.6 Å². The number of hydrogen-bond donors (Lipinski definition) is 3. The maximum absolute atomic E-state index is 11.9. The quantitative estimate of drug-likeness (QED) is 0.513. The Kier molecular flexibility index (Phi) is 6.13. The SMILES string of the molecule is CCN1CCc2cc(OC)c(Nc3nnc(C(N)=O)c(Nc4ncccc4C)n3)cc2C1. The first-order valence-corrected chi connectivity index (χ1v) is 10.4. The van der Waals surface area contributed by atoms with Gasteiger partial charge in [0.1, 0.15) is 11.6 Å². The summed E-state index contributed by atoms with van der Waals surface area (Å²) >= 11 is 0. The lowest BCUT2D eigenvalue weighted by Crippen LogP contribution is -2.30. The smallest absolute Gasteiger partial charge is 0.273 e. The highest BCUT2D eigenvalue weighted by molar-refractivity contribution is 5.96. The zero-order chi connectivity index (χ0) is 22.7. The Morgan fingerprint density at radius 3 is 2.78 bits per heavy atom. The number of nitrogens with one attached hydrogen (secondary N) is 2. The van der Waals surface area contributed by atoms with Crippen molar-refractivity contribution >= 4 is 29.2 Å². The Bertz CT molecular complexity index is 1150. The molecule has 10 nitrogen and oxygen atoms in total. The second-order valence-corrected chi connectivity index (χ2v) is 7.56. The van der Waals surface area contributed by atoms with E-state index in [1.165, 1.54) is 11.1 Å². The fourth-order valence-electron chi connectivity index (χ4n) is 3.66. The molecule has 0 saturated carbocycles. The lowest BCUT2D eigenvalue weighted by molar-refractivity contribution is 0.0995. The number of nitrogens with zero attached hydrogens (tertiary/aromatic N) is 5. The molecule has 166 valence electrons. The van der Waals surface area contributed by atoms with E-state index in [-0.39, 0.29) is 17.5 Å². The van der Waals surface area contributed by atoms with Crippen LogP contribution in [0.15, 0.2) is 30.5 Å². The first-order chi connectivity index (χ1) is 15.5. The van der Waals surface area contributed by atoms with Gasteiger partial charge in [-0.2, -0.15) is 4.98 Å². The van der Waals surface area contributed by atoms with Crippen LogP contribution < -0.4 is 21.1 Å². The number of primary amides is 1. The first-order valence-electron chi connectivity index (χ1n) is 10.4. The van der Waals surface area contributed by atoms with E-state index in [4.69, 9.17) is 10.5 Å². The van der Waals surface area contributed by atoms with Crippen LogP contribution in [0.25, 0.3) is 0 Å². The average molecular weight is 435 g/mol. The number of rotatable bonds is 7. The molecule has 1 aliphatic rings. The highest BCUT2D eigenvalue weighted by Gasteiger charge is 2.20. The van der Waals surface area contributed by atoms with E-state index >= 15 is 0 Å². The molecule has 0 atom stereocenters. The van der Waals surface area contributed by atoms with Crippen molar-refractivity contribution in [1.82, 2.24) is 25.1 Å². The maximum Gasteiger partial charge on any atom is 0.273 e. The fourth-order valence-corrected chi connectivity index (χ4v) is 3.66. The number of aryl methyl sites for hydroxylation is 1. The number of likely N-dealkylation sites (N-methyl/N-ethyl adjacent to an activating group) is 1. The van der Waals surface area contributed by atoms with Crippen LogP contribution in [-0.4, -0.2) is 51.2 Å². The number of fused-ring (bicyclic) bond motifs is 1. The summed E-state index contributed by atoms with van der Waals surface area (Å²) in [5, 5.41) is 14.2. The van der Waals surface area contributed by atoms with Gasteiger partial charge in [0.2, 0.25) is 5.95 Å². The third kappa shape index (κ3) is 4.45. The van der Waals surface area contributed by atoms with E-state index in [1.807, 2.05) is 25.1 Å². The molecule has 0 spiro atoms. The normalized spacial score (nSPS) is 13.3. The standard InChI is InChI=1S/C22H26N8O2/c1-4-30-9-7-14-11-17(32-3)16(10-15(14)12-30)25-22-27-21(18(19(23)31)28-29-22)26-20-13(2)6-5-8-24-20/h5-6,8,10-11H,4,7,9,12H2,1-3H3,(H2,23,31)(H2,24,25,26,27,29). The molecule has 4 rings (SSSR count). The summed E-state index contributed by atoms with van der Waals surface area (Å²) in [4.78, 5) is 23.0. The largest absolute Gasteiger partial charge is 0.495 e. The number of hydrogen-bond acceptors (Lipinski definition) is 9. The van der Waals surface area contributed by atoms with Crippen molar-refractivity contribution in [3.05, 3.63) is 52.8 Å². The molecule has 0 fully saturated rings. The first kappa shape index (κ1) is 21.4. The molecule has 0 unspecified atom stereocenters. The van der Waals surface area contributed by atoms with E-state index in [0.717, 1.165) is 37.3 Å². The second kappa shape index (κ2) is 9.15. The minimum absolute atomic E-state index is 0.0726. The van der Waals surface area contributed by atoms with E-state index in [2.05, 4.69) is 48.7 Å².